The minimum Gasteiger partial charge on any atom is -0.385 e. The Bertz CT molecular complexity index is 695. The molecule has 1 aliphatic heterocycles. The number of nitrogens with one attached hydrogen (secondary N) is 1. The molecule has 2 heterocycles. The van der Waals surface area contributed by atoms with Crippen molar-refractivity contribution in [3.05, 3.63) is 32.6 Å². The SMILES string of the molecule is Cc1cn(C(F)[C@H](O)[C@@H]2OC(C)(C)OCC2=O)c(=O)[nH]c1=O. The van der Waals surface area contributed by atoms with Crippen LogP contribution in [0.3, 0.4) is 0 Å². The van der Waals surface area contributed by atoms with Gasteiger partial charge in [0.2, 0.25) is 6.30 Å². The van der Waals surface area contributed by atoms with Gasteiger partial charge < -0.3 is 14.6 Å². The molecule has 0 radical (unpaired) electrons. The summed E-state index contributed by atoms with van der Waals surface area (Å²) in [5, 5.41) is 10.1. The molecule has 1 saturated heterocycles. The van der Waals surface area contributed by atoms with Crippen LogP contribution in [0.2, 0.25) is 0 Å². The first-order valence-corrected chi connectivity index (χ1v) is 6.61. The predicted molar refractivity (Wildman–Crippen MR) is 72.1 cm³/mol. The Hall–Kier alpha value is -1.84. The molecule has 2 N–H and O–H groups in total. The van der Waals surface area contributed by atoms with E-state index in [1.165, 1.54) is 20.8 Å². The Kier molecular flexibility index (Phi) is 4.32. The third-order valence-electron chi connectivity index (χ3n) is 3.29. The summed E-state index contributed by atoms with van der Waals surface area (Å²) in [6.07, 6.45) is -4.67. The Morgan fingerprint density at radius 2 is 2.09 bits per heavy atom. The average molecular weight is 316 g/mol. The molecular formula is C13H17FN2O6. The molecule has 1 aliphatic rings. The number of aromatic nitrogens is 2. The fraction of sp³-hybridized carbons (Fsp3) is 0.615. The summed E-state index contributed by atoms with van der Waals surface area (Å²) in [5.74, 6) is -1.80. The highest BCUT2D eigenvalue weighted by Gasteiger charge is 2.43. The number of alkyl halides is 1. The predicted octanol–water partition coefficient (Wildman–Crippen LogP) is -0.605. The first-order valence-electron chi connectivity index (χ1n) is 6.61. The van der Waals surface area contributed by atoms with Crippen LogP contribution in [-0.2, 0) is 14.3 Å². The number of aliphatic hydroxyl groups excluding tert-OH is 1. The van der Waals surface area contributed by atoms with Crippen molar-refractivity contribution in [1.29, 1.82) is 0 Å². The minimum atomic E-state index is -2.26. The van der Waals surface area contributed by atoms with Gasteiger partial charge in [-0.05, 0) is 20.8 Å². The van der Waals surface area contributed by atoms with Crippen LogP contribution >= 0.6 is 0 Å². The van der Waals surface area contributed by atoms with Gasteiger partial charge in [-0.1, -0.05) is 0 Å². The van der Waals surface area contributed by atoms with Crippen molar-refractivity contribution in [2.45, 2.75) is 45.1 Å². The van der Waals surface area contributed by atoms with E-state index in [0.29, 0.717) is 4.57 Å². The largest absolute Gasteiger partial charge is 0.385 e. The van der Waals surface area contributed by atoms with Crippen LogP contribution in [0.15, 0.2) is 15.8 Å². The van der Waals surface area contributed by atoms with Crippen LogP contribution in [-0.4, -0.2) is 45.0 Å². The number of ether oxygens (including phenoxy) is 2. The lowest BCUT2D eigenvalue weighted by molar-refractivity contribution is -0.276. The standard InChI is InChI=1S/C13H17FN2O6/c1-6-4-16(12(20)15-11(6)19)10(14)8(18)9-7(17)5-21-13(2,3)22-9/h4,8-10,18H,5H2,1-3H3,(H,15,19,20)/t8-,9-,10?/m1/s1. The number of aryl methyl sites for hydroxylation is 1. The van der Waals surface area contributed by atoms with Crippen molar-refractivity contribution in [3.8, 4) is 0 Å². The molecule has 2 rings (SSSR count). The molecule has 0 saturated carbocycles. The molecule has 1 unspecified atom stereocenters. The third kappa shape index (κ3) is 3.16. The van der Waals surface area contributed by atoms with E-state index in [-0.39, 0.29) is 12.2 Å². The van der Waals surface area contributed by atoms with Gasteiger partial charge in [-0.25, -0.2) is 9.18 Å². The maximum absolute atomic E-state index is 14.4. The molecule has 9 heteroatoms. The molecular weight excluding hydrogens is 299 g/mol. The van der Waals surface area contributed by atoms with E-state index >= 15 is 0 Å². The van der Waals surface area contributed by atoms with Crippen molar-refractivity contribution in [3.63, 3.8) is 0 Å². The number of hydrogen-bond acceptors (Lipinski definition) is 6. The number of carbonyl (C=O) groups excluding carboxylic acids is 1. The second-order valence-corrected chi connectivity index (χ2v) is 5.54. The molecule has 1 fully saturated rings. The van der Waals surface area contributed by atoms with Crippen molar-refractivity contribution in [2.75, 3.05) is 6.61 Å². The maximum Gasteiger partial charge on any atom is 0.330 e. The summed E-state index contributed by atoms with van der Waals surface area (Å²) >= 11 is 0. The molecule has 0 aliphatic carbocycles. The summed E-state index contributed by atoms with van der Waals surface area (Å²) in [4.78, 5) is 36.6. The molecule has 0 aromatic carbocycles. The number of aromatic amines is 1. The molecule has 0 spiro atoms. The van der Waals surface area contributed by atoms with E-state index < -0.39 is 41.3 Å². The second-order valence-electron chi connectivity index (χ2n) is 5.54. The van der Waals surface area contributed by atoms with E-state index in [2.05, 4.69) is 0 Å². The van der Waals surface area contributed by atoms with Gasteiger partial charge in [0.1, 0.15) is 12.7 Å². The quantitative estimate of drug-likeness (QED) is 0.770. The molecule has 8 nitrogen and oxygen atoms in total. The number of ketones is 1. The molecule has 1 aromatic rings. The van der Waals surface area contributed by atoms with Crippen molar-refractivity contribution in [2.24, 2.45) is 0 Å². The van der Waals surface area contributed by atoms with Crippen LogP contribution < -0.4 is 11.2 Å². The molecule has 122 valence electrons. The first-order chi connectivity index (χ1) is 10.1. The lowest BCUT2D eigenvalue weighted by atomic mass is 10.1. The van der Waals surface area contributed by atoms with Crippen molar-refractivity contribution >= 4 is 5.78 Å². The summed E-state index contributed by atoms with van der Waals surface area (Å²) < 4.78 is 25.3. The number of hydrogen-bond donors (Lipinski definition) is 2. The molecule has 3 atom stereocenters. The molecule has 22 heavy (non-hydrogen) atoms. The van der Waals surface area contributed by atoms with Crippen LogP contribution in [0.1, 0.15) is 25.7 Å². The Balaban J connectivity index is 2.31. The number of halogens is 1. The summed E-state index contributed by atoms with van der Waals surface area (Å²) in [5.41, 5.74) is -1.59. The molecule has 0 amide bonds. The summed E-state index contributed by atoms with van der Waals surface area (Å²) in [7, 11) is 0. The zero-order valence-electron chi connectivity index (χ0n) is 12.3. The van der Waals surface area contributed by atoms with Gasteiger partial charge in [0.05, 0.1) is 0 Å². The minimum absolute atomic E-state index is 0.0917. The van der Waals surface area contributed by atoms with Gasteiger partial charge in [0.25, 0.3) is 5.56 Å². The Morgan fingerprint density at radius 3 is 2.73 bits per heavy atom. The van der Waals surface area contributed by atoms with Crippen LogP contribution in [0.5, 0.6) is 0 Å². The van der Waals surface area contributed by atoms with E-state index in [0.717, 1.165) is 6.20 Å². The number of rotatable bonds is 3. The van der Waals surface area contributed by atoms with Gasteiger partial charge in [0, 0.05) is 11.8 Å². The van der Waals surface area contributed by atoms with E-state index in [1.807, 2.05) is 4.98 Å². The monoisotopic (exact) mass is 316 g/mol. The lowest BCUT2D eigenvalue weighted by Gasteiger charge is -2.37. The summed E-state index contributed by atoms with van der Waals surface area (Å²) in [6.45, 7) is 4.08. The number of Topliss-reactive ketones (excluding diaryl/α,β-unsaturated/α-hetero) is 1. The zero-order chi connectivity index (χ0) is 16.7. The first kappa shape index (κ1) is 16.5. The van der Waals surface area contributed by atoms with E-state index in [4.69, 9.17) is 9.47 Å². The van der Waals surface area contributed by atoms with E-state index in [9.17, 15) is 23.9 Å². The van der Waals surface area contributed by atoms with Gasteiger partial charge in [-0.2, -0.15) is 0 Å². The average Bonchev–Trinajstić information content (AvgIpc) is 2.44. The van der Waals surface area contributed by atoms with Crippen LogP contribution in [0.25, 0.3) is 0 Å². The molecule has 0 bridgehead atoms. The van der Waals surface area contributed by atoms with Gasteiger partial charge in [0.15, 0.2) is 17.7 Å². The lowest BCUT2D eigenvalue weighted by Crippen LogP contribution is -2.53. The smallest absolute Gasteiger partial charge is 0.330 e. The number of nitrogens with zero attached hydrogens (tertiary/aromatic N) is 1. The van der Waals surface area contributed by atoms with Crippen LogP contribution in [0.4, 0.5) is 4.39 Å². The zero-order valence-corrected chi connectivity index (χ0v) is 12.3. The topological polar surface area (TPSA) is 111 Å². The van der Waals surface area contributed by atoms with Crippen molar-refractivity contribution < 1.29 is 23.8 Å². The van der Waals surface area contributed by atoms with Crippen LogP contribution in [0, 0.1) is 6.92 Å². The van der Waals surface area contributed by atoms with Crippen molar-refractivity contribution in [1.82, 2.24) is 9.55 Å². The van der Waals surface area contributed by atoms with Gasteiger partial charge in [-0.15, -0.1) is 0 Å². The Labute approximate surface area is 124 Å². The Morgan fingerprint density at radius 1 is 1.45 bits per heavy atom. The fourth-order valence-electron chi connectivity index (χ4n) is 2.07. The fourth-order valence-corrected chi connectivity index (χ4v) is 2.07. The number of carbonyl (C=O) groups is 1. The van der Waals surface area contributed by atoms with Gasteiger partial charge >= 0.3 is 5.69 Å². The third-order valence-corrected chi connectivity index (χ3v) is 3.29. The highest BCUT2D eigenvalue weighted by atomic mass is 19.1. The maximum atomic E-state index is 14.4. The highest BCUT2D eigenvalue weighted by Crippen LogP contribution is 2.26. The molecule has 1 aromatic heterocycles. The second kappa shape index (κ2) is 5.75. The van der Waals surface area contributed by atoms with Gasteiger partial charge in [-0.3, -0.25) is 19.1 Å². The van der Waals surface area contributed by atoms with E-state index in [1.54, 1.807) is 0 Å². The number of aliphatic hydroxyl groups is 1. The normalized spacial score (nSPS) is 24.0. The summed E-state index contributed by atoms with van der Waals surface area (Å²) in [6, 6.07) is 0. The number of H-pyrrole nitrogens is 1. The highest BCUT2D eigenvalue weighted by molar-refractivity contribution is 5.85.